The van der Waals surface area contributed by atoms with Crippen LogP contribution in [0.4, 0.5) is 10.1 Å². The van der Waals surface area contributed by atoms with Crippen molar-refractivity contribution in [2.45, 2.75) is 12.8 Å². The van der Waals surface area contributed by atoms with Gasteiger partial charge in [0.15, 0.2) is 0 Å². The van der Waals surface area contributed by atoms with Gasteiger partial charge in [-0.1, -0.05) is 22.0 Å². The maximum absolute atomic E-state index is 12.9. The Morgan fingerprint density at radius 1 is 1.21 bits per heavy atom. The zero-order valence-electron chi connectivity index (χ0n) is 12.7. The van der Waals surface area contributed by atoms with Gasteiger partial charge in [0, 0.05) is 34.2 Å². The highest BCUT2D eigenvalue weighted by Gasteiger charge is 2.08. The Morgan fingerprint density at radius 2 is 2.00 bits per heavy atom. The van der Waals surface area contributed by atoms with Crippen LogP contribution >= 0.6 is 15.9 Å². The van der Waals surface area contributed by atoms with Crippen LogP contribution in [-0.2, 0) is 11.2 Å². The smallest absolute Gasteiger partial charge is 0.224 e. The molecule has 0 aliphatic rings. The van der Waals surface area contributed by atoms with E-state index in [-0.39, 0.29) is 11.7 Å². The lowest BCUT2D eigenvalue weighted by molar-refractivity contribution is -0.116. The second-order valence-corrected chi connectivity index (χ2v) is 6.21. The zero-order chi connectivity index (χ0) is 16.9. The number of halogens is 2. The SMILES string of the molecule is O=C(CCc1cncn1-c1cccc(Br)c1)Nc1ccc(F)cc1. The Morgan fingerprint density at radius 3 is 2.75 bits per heavy atom. The molecule has 1 heterocycles. The highest BCUT2D eigenvalue weighted by atomic mass is 79.9. The summed E-state index contributed by atoms with van der Waals surface area (Å²) < 4.78 is 15.8. The van der Waals surface area contributed by atoms with Crippen molar-refractivity contribution < 1.29 is 9.18 Å². The fourth-order valence-electron chi connectivity index (χ4n) is 2.36. The molecule has 24 heavy (non-hydrogen) atoms. The van der Waals surface area contributed by atoms with E-state index in [0.717, 1.165) is 15.9 Å². The monoisotopic (exact) mass is 387 g/mol. The minimum absolute atomic E-state index is 0.122. The molecule has 1 amide bonds. The van der Waals surface area contributed by atoms with Crippen molar-refractivity contribution in [3.8, 4) is 5.69 Å². The third-order valence-corrected chi connectivity index (χ3v) is 4.03. The van der Waals surface area contributed by atoms with Crippen LogP contribution in [0.2, 0.25) is 0 Å². The summed E-state index contributed by atoms with van der Waals surface area (Å²) in [6, 6.07) is 13.6. The predicted octanol–water partition coefficient (Wildman–Crippen LogP) is 4.35. The minimum atomic E-state index is -0.328. The van der Waals surface area contributed by atoms with Crippen LogP contribution in [0.5, 0.6) is 0 Å². The maximum Gasteiger partial charge on any atom is 0.224 e. The summed E-state index contributed by atoms with van der Waals surface area (Å²) in [6.45, 7) is 0. The molecular formula is C18H15BrFN3O. The predicted molar refractivity (Wildman–Crippen MR) is 94.6 cm³/mol. The Hall–Kier alpha value is -2.47. The third-order valence-electron chi connectivity index (χ3n) is 3.54. The zero-order valence-corrected chi connectivity index (χ0v) is 14.3. The molecule has 0 radical (unpaired) electrons. The van der Waals surface area contributed by atoms with Crippen LogP contribution < -0.4 is 5.32 Å². The van der Waals surface area contributed by atoms with Crippen molar-refractivity contribution in [3.05, 3.63) is 77.0 Å². The van der Waals surface area contributed by atoms with E-state index in [1.165, 1.54) is 12.1 Å². The van der Waals surface area contributed by atoms with Crippen molar-refractivity contribution in [1.29, 1.82) is 0 Å². The van der Waals surface area contributed by atoms with Crippen LogP contribution in [0.15, 0.2) is 65.5 Å². The summed E-state index contributed by atoms with van der Waals surface area (Å²) in [5.41, 5.74) is 2.51. The Labute approximate surface area is 147 Å². The van der Waals surface area contributed by atoms with Gasteiger partial charge in [-0.2, -0.15) is 0 Å². The van der Waals surface area contributed by atoms with Gasteiger partial charge in [0.2, 0.25) is 5.91 Å². The standard InChI is InChI=1S/C18H15BrFN3O/c19-13-2-1-3-16(10-13)23-12-21-11-17(23)8-9-18(24)22-15-6-4-14(20)5-7-15/h1-7,10-12H,8-9H2,(H,22,24). The van der Waals surface area contributed by atoms with Crippen molar-refractivity contribution >= 4 is 27.5 Å². The molecule has 1 aromatic heterocycles. The normalized spacial score (nSPS) is 10.6. The topological polar surface area (TPSA) is 46.9 Å². The van der Waals surface area contributed by atoms with Crippen molar-refractivity contribution in [2.75, 3.05) is 5.32 Å². The number of carbonyl (C=O) groups is 1. The number of nitrogens with one attached hydrogen (secondary N) is 1. The molecule has 0 aliphatic carbocycles. The number of hydrogen-bond acceptors (Lipinski definition) is 2. The van der Waals surface area contributed by atoms with E-state index < -0.39 is 0 Å². The van der Waals surface area contributed by atoms with Gasteiger partial charge in [0.25, 0.3) is 0 Å². The number of aromatic nitrogens is 2. The molecule has 0 fully saturated rings. The number of imidazole rings is 1. The molecule has 0 saturated heterocycles. The van der Waals surface area contributed by atoms with Gasteiger partial charge >= 0.3 is 0 Å². The number of amides is 1. The molecule has 0 atom stereocenters. The van der Waals surface area contributed by atoms with Crippen LogP contribution in [0.25, 0.3) is 5.69 Å². The van der Waals surface area contributed by atoms with Gasteiger partial charge in [-0.05, 0) is 48.9 Å². The second-order valence-electron chi connectivity index (χ2n) is 5.29. The lowest BCUT2D eigenvalue weighted by Gasteiger charge is -2.09. The molecular weight excluding hydrogens is 373 g/mol. The minimum Gasteiger partial charge on any atom is -0.326 e. The van der Waals surface area contributed by atoms with Gasteiger partial charge < -0.3 is 9.88 Å². The summed E-state index contributed by atoms with van der Waals surface area (Å²) in [4.78, 5) is 16.2. The van der Waals surface area contributed by atoms with Gasteiger partial charge in [-0.3, -0.25) is 4.79 Å². The Kier molecular flexibility index (Phi) is 5.05. The van der Waals surface area contributed by atoms with Crippen LogP contribution in [0, 0.1) is 5.82 Å². The molecule has 6 heteroatoms. The summed E-state index contributed by atoms with van der Waals surface area (Å²) in [6.07, 6.45) is 4.36. The van der Waals surface area contributed by atoms with Crippen molar-refractivity contribution in [3.63, 3.8) is 0 Å². The quantitative estimate of drug-likeness (QED) is 0.707. The largest absolute Gasteiger partial charge is 0.326 e. The van der Waals surface area contributed by atoms with E-state index >= 15 is 0 Å². The van der Waals surface area contributed by atoms with Crippen LogP contribution in [0.3, 0.4) is 0 Å². The summed E-state index contributed by atoms with van der Waals surface area (Å²) in [5, 5.41) is 2.76. The molecule has 2 aromatic carbocycles. The first-order chi connectivity index (χ1) is 11.6. The number of anilines is 1. The van der Waals surface area contributed by atoms with Crippen molar-refractivity contribution in [2.24, 2.45) is 0 Å². The number of hydrogen-bond donors (Lipinski definition) is 1. The number of aryl methyl sites for hydroxylation is 1. The molecule has 0 unspecified atom stereocenters. The van der Waals surface area contributed by atoms with Gasteiger partial charge in [-0.25, -0.2) is 9.37 Å². The molecule has 122 valence electrons. The van der Waals surface area contributed by atoms with E-state index in [1.807, 2.05) is 28.8 Å². The first-order valence-electron chi connectivity index (χ1n) is 7.44. The Balaban J connectivity index is 1.64. The first kappa shape index (κ1) is 16.4. The fourth-order valence-corrected chi connectivity index (χ4v) is 2.75. The highest BCUT2D eigenvalue weighted by Crippen LogP contribution is 2.18. The second kappa shape index (κ2) is 7.40. The number of carbonyl (C=O) groups excluding carboxylic acids is 1. The van der Waals surface area contributed by atoms with E-state index in [9.17, 15) is 9.18 Å². The molecule has 3 rings (SSSR count). The van der Waals surface area contributed by atoms with Crippen LogP contribution in [0.1, 0.15) is 12.1 Å². The van der Waals surface area contributed by atoms with E-state index in [1.54, 1.807) is 24.7 Å². The number of rotatable bonds is 5. The van der Waals surface area contributed by atoms with E-state index in [0.29, 0.717) is 18.5 Å². The molecule has 0 saturated carbocycles. The average Bonchev–Trinajstić information content (AvgIpc) is 3.04. The summed E-state index contributed by atoms with van der Waals surface area (Å²) in [5.74, 6) is -0.450. The van der Waals surface area contributed by atoms with Gasteiger partial charge in [0.05, 0.1) is 6.33 Å². The lowest BCUT2D eigenvalue weighted by atomic mass is 10.2. The molecule has 0 spiro atoms. The molecule has 3 aromatic rings. The summed E-state index contributed by atoms with van der Waals surface area (Å²) in [7, 11) is 0. The average molecular weight is 388 g/mol. The molecule has 4 nitrogen and oxygen atoms in total. The molecule has 1 N–H and O–H groups in total. The molecule has 0 aliphatic heterocycles. The number of benzene rings is 2. The Bertz CT molecular complexity index is 845. The lowest BCUT2D eigenvalue weighted by Crippen LogP contribution is -2.13. The maximum atomic E-state index is 12.9. The van der Waals surface area contributed by atoms with Crippen LogP contribution in [-0.4, -0.2) is 15.5 Å². The van der Waals surface area contributed by atoms with E-state index in [2.05, 4.69) is 26.2 Å². The third kappa shape index (κ3) is 4.08. The number of nitrogens with zero attached hydrogens (tertiary/aromatic N) is 2. The fraction of sp³-hybridized carbons (Fsp3) is 0.111. The molecule has 0 bridgehead atoms. The van der Waals surface area contributed by atoms with E-state index in [4.69, 9.17) is 0 Å². The highest BCUT2D eigenvalue weighted by molar-refractivity contribution is 9.10. The summed E-state index contributed by atoms with van der Waals surface area (Å²) >= 11 is 3.45. The van der Waals surface area contributed by atoms with Crippen molar-refractivity contribution in [1.82, 2.24) is 9.55 Å². The van der Waals surface area contributed by atoms with Gasteiger partial charge in [0.1, 0.15) is 5.82 Å². The first-order valence-corrected chi connectivity index (χ1v) is 8.24. The van der Waals surface area contributed by atoms with Gasteiger partial charge in [-0.15, -0.1) is 0 Å².